The topological polar surface area (TPSA) is 66.4 Å². The quantitative estimate of drug-likeness (QED) is 0.858. The maximum Gasteiger partial charge on any atom is 0.307 e. The Hall–Kier alpha value is -1.07. The van der Waals surface area contributed by atoms with E-state index in [4.69, 9.17) is 11.6 Å². The van der Waals surface area contributed by atoms with Crippen LogP contribution in [0.1, 0.15) is 25.7 Å². The summed E-state index contributed by atoms with van der Waals surface area (Å²) in [5.41, 5.74) is 0.567. The molecular formula is C14H15BrClNO3. The number of rotatable bonds is 3. The maximum absolute atomic E-state index is 12.3. The first-order valence-electron chi connectivity index (χ1n) is 6.48. The first kappa shape index (κ1) is 15.3. The van der Waals surface area contributed by atoms with Crippen LogP contribution in [0.5, 0.6) is 0 Å². The summed E-state index contributed by atoms with van der Waals surface area (Å²) in [4.78, 5) is 23.5. The molecule has 1 aromatic rings. The van der Waals surface area contributed by atoms with Crippen molar-refractivity contribution in [2.75, 3.05) is 5.32 Å². The van der Waals surface area contributed by atoms with Crippen LogP contribution < -0.4 is 5.32 Å². The van der Waals surface area contributed by atoms with E-state index in [-0.39, 0.29) is 5.91 Å². The van der Waals surface area contributed by atoms with Crippen molar-refractivity contribution >= 4 is 45.1 Å². The Bertz CT molecular complexity index is 535. The van der Waals surface area contributed by atoms with Gasteiger partial charge in [0.2, 0.25) is 5.91 Å². The van der Waals surface area contributed by atoms with Crippen molar-refractivity contribution in [1.29, 1.82) is 0 Å². The van der Waals surface area contributed by atoms with Crippen LogP contribution in [0.3, 0.4) is 0 Å². The number of carbonyl (C=O) groups is 2. The van der Waals surface area contributed by atoms with E-state index in [0.29, 0.717) is 28.0 Å². The number of hydrogen-bond acceptors (Lipinski definition) is 2. The number of amides is 1. The molecule has 1 aliphatic carbocycles. The fourth-order valence-corrected chi connectivity index (χ4v) is 3.10. The molecule has 2 N–H and O–H groups in total. The van der Waals surface area contributed by atoms with Crippen LogP contribution in [0.2, 0.25) is 5.02 Å². The maximum atomic E-state index is 12.3. The Morgan fingerprint density at radius 1 is 1.25 bits per heavy atom. The second-order valence-corrected chi connectivity index (χ2v) is 6.13. The lowest BCUT2D eigenvalue weighted by Crippen LogP contribution is -2.36. The molecule has 1 amide bonds. The Kier molecular flexibility index (Phi) is 5.05. The second kappa shape index (κ2) is 6.59. The second-order valence-electron chi connectivity index (χ2n) is 4.93. The summed E-state index contributed by atoms with van der Waals surface area (Å²) in [6, 6.07) is 5.17. The number of hydrogen-bond donors (Lipinski definition) is 2. The van der Waals surface area contributed by atoms with Gasteiger partial charge in [-0.3, -0.25) is 9.59 Å². The van der Waals surface area contributed by atoms with Crippen LogP contribution in [0, 0.1) is 11.8 Å². The molecule has 1 fully saturated rings. The molecule has 108 valence electrons. The van der Waals surface area contributed by atoms with Crippen LogP contribution in [-0.2, 0) is 9.59 Å². The molecular weight excluding hydrogens is 346 g/mol. The van der Waals surface area contributed by atoms with E-state index >= 15 is 0 Å². The molecule has 4 nitrogen and oxygen atoms in total. The predicted octanol–water partition coefficient (Wildman–Crippen LogP) is 3.93. The number of anilines is 1. The third kappa shape index (κ3) is 3.33. The average molecular weight is 361 g/mol. The molecule has 0 bridgehead atoms. The number of benzene rings is 1. The number of carboxylic acid groups (broad SMARTS) is 1. The molecule has 1 saturated carbocycles. The van der Waals surface area contributed by atoms with Crippen LogP contribution in [0.15, 0.2) is 22.7 Å². The molecule has 0 aromatic heterocycles. The van der Waals surface area contributed by atoms with E-state index in [0.717, 1.165) is 12.8 Å². The zero-order valence-corrected chi connectivity index (χ0v) is 13.1. The Morgan fingerprint density at radius 3 is 2.55 bits per heavy atom. The molecule has 20 heavy (non-hydrogen) atoms. The molecule has 1 aliphatic rings. The van der Waals surface area contributed by atoms with Gasteiger partial charge in [-0.1, -0.05) is 30.5 Å². The van der Waals surface area contributed by atoms with Crippen molar-refractivity contribution in [3.8, 4) is 0 Å². The van der Waals surface area contributed by atoms with Crippen molar-refractivity contribution in [3.63, 3.8) is 0 Å². The van der Waals surface area contributed by atoms with Crippen molar-refractivity contribution in [2.24, 2.45) is 11.8 Å². The van der Waals surface area contributed by atoms with Crippen molar-refractivity contribution in [2.45, 2.75) is 25.7 Å². The van der Waals surface area contributed by atoms with Gasteiger partial charge in [-0.2, -0.15) is 0 Å². The van der Waals surface area contributed by atoms with Crippen molar-refractivity contribution in [1.82, 2.24) is 0 Å². The van der Waals surface area contributed by atoms with Gasteiger partial charge in [0.1, 0.15) is 0 Å². The van der Waals surface area contributed by atoms with Gasteiger partial charge < -0.3 is 10.4 Å². The number of aliphatic carboxylic acids is 1. The summed E-state index contributed by atoms with van der Waals surface area (Å²) in [6.45, 7) is 0. The predicted molar refractivity (Wildman–Crippen MR) is 80.9 cm³/mol. The molecule has 0 radical (unpaired) electrons. The monoisotopic (exact) mass is 359 g/mol. The summed E-state index contributed by atoms with van der Waals surface area (Å²) in [5, 5.41) is 12.5. The highest BCUT2D eigenvalue weighted by molar-refractivity contribution is 9.10. The van der Waals surface area contributed by atoms with Gasteiger partial charge in [0.25, 0.3) is 0 Å². The smallest absolute Gasteiger partial charge is 0.307 e. The lowest BCUT2D eigenvalue weighted by Gasteiger charge is -2.27. The zero-order valence-electron chi connectivity index (χ0n) is 10.7. The van der Waals surface area contributed by atoms with Crippen molar-refractivity contribution < 1.29 is 14.7 Å². The van der Waals surface area contributed by atoms with Gasteiger partial charge in [-0.25, -0.2) is 0 Å². The SMILES string of the molecule is O=C(O)C1CCCCC1C(=O)Nc1cccc(Cl)c1Br. The summed E-state index contributed by atoms with van der Waals surface area (Å²) in [7, 11) is 0. The summed E-state index contributed by atoms with van der Waals surface area (Å²) in [6.07, 6.45) is 2.92. The fraction of sp³-hybridized carbons (Fsp3) is 0.429. The highest BCUT2D eigenvalue weighted by Gasteiger charge is 2.35. The van der Waals surface area contributed by atoms with Gasteiger partial charge >= 0.3 is 5.97 Å². The molecule has 6 heteroatoms. The van der Waals surface area contributed by atoms with Gasteiger partial charge in [0, 0.05) is 0 Å². The number of carboxylic acids is 1. The lowest BCUT2D eigenvalue weighted by molar-refractivity contribution is -0.147. The Labute approximate surface area is 130 Å². The highest BCUT2D eigenvalue weighted by Crippen LogP contribution is 2.34. The molecule has 0 aliphatic heterocycles. The zero-order chi connectivity index (χ0) is 14.7. The van der Waals surface area contributed by atoms with Gasteiger partial charge in [0.15, 0.2) is 0 Å². The minimum Gasteiger partial charge on any atom is -0.481 e. The van der Waals surface area contributed by atoms with E-state index in [1.165, 1.54) is 0 Å². The summed E-state index contributed by atoms with van der Waals surface area (Å²) >= 11 is 9.28. The Morgan fingerprint density at radius 2 is 1.90 bits per heavy atom. The summed E-state index contributed by atoms with van der Waals surface area (Å²) < 4.78 is 0.609. The first-order chi connectivity index (χ1) is 9.50. The van der Waals surface area contributed by atoms with Crippen LogP contribution >= 0.6 is 27.5 Å². The van der Waals surface area contributed by atoms with E-state index < -0.39 is 17.8 Å². The number of carbonyl (C=O) groups excluding carboxylic acids is 1. The van der Waals surface area contributed by atoms with Crippen LogP contribution in [-0.4, -0.2) is 17.0 Å². The lowest BCUT2D eigenvalue weighted by atomic mass is 9.78. The fourth-order valence-electron chi connectivity index (χ4n) is 2.57. The van der Waals surface area contributed by atoms with Gasteiger partial charge in [-0.15, -0.1) is 0 Å². The summed E-state index contributed by atoms with van der Waals surface area (Å²) in [5.74, 6) is -2.22. The first-order valence-corrected chi connectivity index (χ1v) is 7.65. The van der Waals surface area contributed by atoms with Crippen LogP contribution in [0.4, 0.5) is 5.69 Å². The third-order valence-electron chi connectivity index (χ3n) is 3.63. The van der Waals surface area contributed by atoms with Crippen molar-refractivity contribution in [3.05, 3.63) is 27.7 Å². The minimum atomic E-state index is -0.894. The van der Waals surface area contributed by atoms with E-state index in [1.807, 2.05) is 0 Å². The molecule has 1 aromatic carbocycles. The van der Waals surface area contributed by atoms with E-state index in [2.05, 4.69) is 21.2 Å². The Balaban J connectivity index is 2.14. The minimum absolute atomic E-state index is 0.250. The molecule has 0 heterocycles. The number of halogens is 2. The van der Waals surface area contributed by atoms with E-state index in [1.54, 1.807) is 18.2 Å². The highest BCUT2D eigenvalue weighted by atomic mass is 79.9. The molecule has 2 rings (SSSR count). The average Bonchev–Trinajstić information content (AvgIpc) is 2.43. The van der Waals surface area contributed by atoms with Gasteiger partial charge in [-0.05, 0) is 40.9 Å². The molecule has 2 unspecified atom stereocenters. The normalized spacial score (nSPS) is 22.3. The standard InChI is InChI=1S/C14H15BrClNO3/c15-12-10(16)6-3-7-11(12)17-13(18)8-4-1-2-5-9(8)14(19)20/h3,6-9H,1-2,4-5H2,(H,17,18)(H,19,20). The molecule has 2 atom stereocenters. The largest absolute Gasteiger partial charge is 0.481 e. The third-order valence-corrected chi connectivity index (χ3v) is 5.03. The van der Waals surface area contributed by atoms with E-state index in [9.17, 15) is 14.7 Å². The molecule has 0 saturated heterocycles. The van der Waals surface area contributed by atoms with Crippen LogP contribution in [0.25, 0.3) is 0 Å². The van der Waals surface area contributed by atoms with Gasteiger partial charge in [0.05, 0.1) is 27.0 Å². The number of nitrogens with one attached hydrogen (secondary N) is 1. The molecule has 0 spiro atoms.